The predicted octanol–water partition coefficient (Wildman–Crippen LogP) is 4.88. The Bertz CT molecular complexity index is 272. The molecule has 1 saturated carbocycles. The van der Waals surface area contributed by atoms with Crippen LogP contribution >= 0.6 is 0 Å². The lowest BCUT2D eigenvalue weighted by Gasteiger charge is -2.44. The van der Waals surface area contributed by atoms with Gasteiger partial charge in [-0.3, -0.25) is 0 Å². The zero-order chi connectivity index (χ0) is 15.9. The maximum absolute atomic E-state index is 5.87. The van der Waals surface area contributed by atoms with Gasteiger partial charge in [-0.25, -0.2) is 0 Å². The number of rotatable bonds is 8. The normalized spacial score (nSPS) is 27.3. The molecule has 0 aromatic heterocycles. The molecule has 1 N–H and O–H groups in total. The third-order valence-corrected chi connectivity index (χ3v) is 5.25. The van der Waals surface area contributed by atoms with Gasteiger partial charge in [-0.2, -0.15) is 0 Å². The Morgan fingerprint density at radius 3 is 2.29 bits per heavy atom. The zero-order valence-corrected chi connectivity index (χ0v) is 15.4. The van der Waals surface area contributed by atoms with Gasteiger partial charge < -0.3 is 10.1 Å². The maximum atomic E-state index is 5.87. The first-order valence-corrected chi connectivity index (χ1v) is 9.07. The Labute approximate surface area is 133 Å². The monoisotopic (exact) mass is 297 g/mol. The molecule has 1 rings (SSSR count). The summed E-state index contributed by atoms with van der Waals surface area (Å²) < 4.78 is 5.87. The Kier molecular flexibility index (Phi) is 7.70. The largest absolute Gasteiger partial charge is 0.381 e. The first kappa shape index (κ1) is 19.0. The fraction of sp³-hybridized carbons (Fsp3) is 1.00. The fourth-order valence-corrected chi connectivity index (χ4v) is 3.61. The van der Waals surface area contributed by atoms with Crippen molar-refractivity contribution in [2.75, 3.05) is 26.3 Å². The first-order valence-electron chi connectivity index (χ1n) is 9.07. The molecule has 0 amide bonds. The lowest BCUT2D eigenvalue weighted by Crippen LogP contribution is -2.40. The summed E-state index contributed by atoms with van der Waals surface area (Å²) in [5, 5.41) is 3.61. The smallest absolute Gasteiger partial charge is 0.0488 e. The Balaban J connectivity index is 2.48. The molecule has 21 heavy (non-hydrogen) atoms. The minimum atomic E-state index is 0.471. The molecule has 0 heterocycles. The highest BCUT2D eigenvalue weighted by Gasteiger charge is 2.38. The summed E-state index contributed by atoms with van der Waals surface area (Å²) in [4.78, 5) is 0. The van der Waals surface area contributed by atoms with Gasteiger partial charge in [0, 0.05) is 19.8 Å². The average Bonchev–Trinajstić information content (AvgIpc) is 2.41. The standard InChI is InChI=1S/C19H39NO/c1-7-20-15-19(12-13-21-14-16(2)3)10-8-17(9-11-19)18(4,5)6/h16-17,20H,7-15H2,1-6H3. The van der Waals surface area contributed by atoms with Crippen LogP contribution < -0.4 is 5.32 Å². The molecular weight excluding hydrogens is 258 g/mol. The molecular formula is C19H39NO. The Morgan fingerprint density at radius 1 is 1.19 bits per heavy atom. The molecule has 0 aromatic rings. The van der Waals surface area contributed by atoms with E-state index >= 15 is 0 Å². The molecule has 0 saturated heterocycles. The number of ether oxygens (including phenoxy) is 1. The molecule has 2 heteroatoms. The third kappa shape index (κ3) is 6.69. The molecule has 0 unspecified atom stereocenters. The summed E-state index contributed by atoms with van der Waals surface area (Å²) in [7, 11) is 0. The molecule has 1 aliphatic carbocycles. The van der Waals surface area contributed by atoms with Crippen molar-refractivity contribution in [2.45, 2.75) is 73.6 Å². The summed E-state index contributed by atoms with van der Waals surface area (Å²) in [5.74, 6) is 1.54. The molecule has 1 aliphatic rings. The van der Waals surface area contributed by atoms with E-state index in [1.54, 1.807) is 0 Å². The summed E-state index contributed by atoms with van der Waals surface area (Å²) in [6.07, 6.45) is 6.74. The number of nitrogens with one attached hydrogen (secondary N) is 1. The van der Waals surface area contributed by atoms with E-state index < -0.39 is 0 Å². The topological polar surface area (TPSA) is 21.3 Å². The highest BCUT2D eigenvalue weighted by molar-refractivity contribution is 4.90. The SMILES string of the molecule is CCNCC1(CCOCC(C)C)CCC(C(C)(C)C)CC1. The molecule has 0 bridgehead atoms. The minimum absolute atomic E-state index is 0.471. The molecule has 126 valence electrons. The second-order valence-electron chi connectivity index (χ2n) is 8.64. The third-order valence-electron chi connectivity index (χ3n) is 5.25. The van der Waals surface area contributed by atoms with E-state index in [9.17, 15) is 0 Å². The van der Waals surface area contributed by atoms with Gasteiger partial charge in [-0.1, -0.05) is 41.5 Å². The van der Waals surface area contributed by atoms with Gasteiger partial charge in [0.15, 0.2) is 0 Å². The predicted molar refractivity (Wildman–Crippen MR) is 92.7 cm³/mol. The van der Waals surface area contributed by atoms with Crippen LogP contribution in [0.3, 0.4) is 0 Å². The van der Waals surface area contributed by atoms with Crippen molar-refractivity contribution < 1.29 is 4.74 Å². The highest BCUT2D eigenvalue weighted by atomic mass is 16.5. The van der Waals surface area contributed by atoms with Crippen molar-refractivity contribution >= 4 is 0 Å². The fourth-order valence-electron chi connectivity index (χ4n) is 3.61. The van der Waals surface area contributed by atoms with E-state index in [2.05, 4.69) is 46.9 Å². The average molecular weight is 298 g/mol. The van der Waals surface area contributed by atoms with Crippen LogP contribution in [-0.4, -0.2) is 26.3 Å². The summed E-state index contributed by atoms with van der Waals surface area (Å²) >= 11 is 0. The van der Waals surface area contributed by atoms with Gasteiger partial charge in [0.2, 0.25) is 0 Å². The van der Waals surface area contributed by atoms with E-state index in [-0.39, 0.29) is 0 Å². The highest BCUT2D eigenvalue weighted by Crippen LogP contribution is 2.46. The van der Waals surface area contributed by atoms with Gasteiger partial charge in [-0.05, 0) is 61.3 Å². The van der Waals surface area contributed by atoms with E-state index in [0.717, 1.165) is 25.7 Å². The van der Waals surface area contributed by atoms with Gasteiger partial charge in [0.1, 0.15) is 0 Å². The van der Waals surface area contributed by atoms with E-state index in [1.807, 2.05) is 0 Å². The number of hydrogen-bond acceptors (Lipinski definition) is 2. The van der Waals surface area contributed by atoms with Gasteiger partial charge in [-0.15, -0.1) is 0 Å². The van der Waals surface area contributed by atoms with Crippen LogP contribution in [0.2, 0.25) is 0 Å². The lowest BCUT2D eigenvalue weighted by molar-refractivity contribution is 0.0359. The Morgan fingerprint density at radius 2 is 1.81 bits per heavy atom. The summed E-state index contributed by atoms with van der Waals surface area (Å²) in [6.45, 7) is 18.0. The number of hydrogen-bond donors (Lipinski definition) is 1. The quantitative estimate of drug-likeness (QED) is 0.645. The first-order chi connectivity index (χ1) is 9.79. The molecule has 0 spiro atoms. The summed E-state index contributed by atoms with van der Waals surface area (Å²) in [6, 6.07) is 0. The Hall–Kier alpha value is -0.0800. The van der Waals surface area contributed by atoms with Crippen molar-refractivity contribution in [3.8, 4) is 0 Å². The molecule has 0 aromatic carbocycles. The minimum Gasteiger partial charge on any atom is -0.381 e. The molecule has 2 nitrogen and oxygen atoms in total. The second kappa shape index (κ2) is 8.53. The van der Waals surface area contributed by atoms with Crippen molar-refractivity contribution in [3.63, 3.8) is 0 Å². The van der Waals surface area contributed by atoms with Crippen LogP contribution in [0, 0.1) is 22.7 Å². The van der Waals surface area contributed by atoms with Gasteiger partial charge in [0.25, 0.3) is 0 Å². The van der Waals surface area contributed by atoms with Gasteiger partial charge >= 0.3 is 0 Å². The van der Waals surface area contributed by atoms with Crippen molar-refractivity contribution in [2.24, 2.45) is 22.7 Å². The lowest BCUT2D eigenvalue weighted by atomic mass is 9.63. The molecule has 0 radical (unpaired) electrons. The molecule has 0 aliphatic heterocycles. The molecule has 1 fully saturated rings. The molecule has 0 atom stereocenters. The van der Waals surface area contributed by atoms with Crippen LogP contribution in [0.1, 0.15) is 73.6 Å². The van der Waals surface area contributed by atoms with Crippen LogP contribution in [0.15, 0.2) is 0 Å². The van der Waals surface area contributed by atoms with Crippen LogP contribution in [0.25, 0.3) is 0 Å². The van der Waals surface area contributed by atoms with Crippen LogP contribution in [-0.2, 0) is 4.74 Å². The van der Waals surface area contributed by atoms with E-state index in [0.29, 0.717) is 16.7 Å². The second-order valence-corrected chi connectivity index (χ2v) is 8.64. The van der Waals surface area contributed by atoms with Crippen molar-refractivity contribution in [1.82, 2.24) is 5.32 Å². The van der Waals surface area contributed by atoms with Crippen LogP contribution in [0.4, 0.5) is 0 Å². The van der Waals surface area contributed by atoms with E-state index in [1.165, 1.54) is 38.6 Å². The van der Waals surface area contributed by atoms with Crippen molar-refractivity contribution in [3.05, 3.63) is 0 Å². The van der Waals surface area contributed by atoms with E-state index in [4.69, 9.17) is 4.74 Å². The van der Waals surface area contributed by atoms with Gasteiger partial charge in [0.05, 0.1) is 0 Å². The zero-order valence-electron chi connectivity index (χ0n) is 15.4. The summed E-state index contributed by atoms with van der Waals surface area (Å²) in [5.41, 5.74) is 0.952. The van der Waals surface area contributed by atoms with Crippen molar-refractivity contribution in [1.29, 1.82) is 0 Å². The maximum Gasteiger partial charge on any atom is 0.0488 e. The van der Waals surface area contributed by atoms with Crippen LogP contribution in [0.5, 0.6) is 0 Å².